The largest absolute Gasteiger partial charge is 0.370 e. The molecule has 0 fully saturated rings. The normalized spacial score (nSPS) is 14.1. The number of hydrogen-bond acceptors (Lipinski definition) is 4. The zero-order valence-corrected chi connectivity index (χ0v) is 8.17. The standard InChI is InChI=1S/C9H12N4O2/c10-6(14)4-7-12-8-5(9(15)13-7)2-1-3-11-8/h1-4H2,(H2,10,14)(H2,11,12,13,15). The Morgan fingerprint density at radius 1 is 1.53 bits per heavy atom. The van der Waals surface area contributed by atoms with Crippen molar-refractivity contribution in [1.82, 2.24) is 9.97 Å². The summed E-state index contributed by atoms with van der Waals surface area (Å²) in [5.41, 5.74) is 5.51. The number of aromatic nitrogens is 2. The van der Waals surface area contributed by atoms with Crippen molar-refractivity contribution in [3.63, 3.8) is 0 Å². The topological polar surface area (TPSA) is 101 Å². The van der Waals surface area contributed by atoms with E-state index in [-0.39, 0.29) is 12.0 Å². The molecular formula is C9H12N4O2. The van der Waals surface area contributed by atoms with Gasteiger partial charge in [-0.15, -0.1) is 0 Å². The first-order valence-electron chi connectivity index (χ1n) is 4.81. The fraction of sp³-hybridized carbons (Fsp3) is 0.444. The number of nitrogens with zero attached hydrogens (tertiary/aromatic N) is 1. The Hall–Kier alpha value is -1.85. The number of carbonyl (C=O) groups excluding carboxylic acids is 1. The van der Waals surface area contributed by atoms with Gasteiger partial charge in [0.15, 0.2) is 0 Å². The van der Waals surface area contributed by atoms with Gasteiger partial charge in [0.25, 0.3) is 5.56 Å². The molecule has 0 spiro atoms. The third-order valence-corrected chi connectivity index (χ3v) is 2.30. The van der Waals surface area contributed by atoms with E-state index >= 15 is 0 Å². The SMILES string of the molecule is NC(=O)Cc1nc2c(c(=O)[nH]1)CCCN2. The van der Waals surface area contributed by atoms with E-state index in [0.29, 0.717) is 17.2 Å². The van der Waals surface area contributed by atoms with Gasteiger partial charge in [-0.05, 0) is 12.8 Å². The third kappa shape index (κ3) is 1.98. The Balaban J connectivity index is 2.40. The molecule has 0 aliphatic carbocycles. The highest BCUT2D eigenvalue weighted by Crippen LogP contribution is 2.14. The summed E-state index contributed by atoms with van der Waals surface area (Å²) < 4.78 is 0. The van der Waals surface area contributed by atoms with E-state index < -0.39 is 5.91 Å². The number of rotatable bonds is 2. The van der Waals surface area contributed by atoms with Crippen LogP contribution < -0.4 is 16.6 Å². The molecule has 15 heavy (non-hydrogen) atoms. The van der Waals surface area contributed by atoms with Gasteiger partial charge in [0, 0.05) is 6.54 Å². The van der Waals surface area contributed by atoms with Crippen molar-refractivity contribution in [3.05, 3.63) is 21.7 Å². The summed E-state index contributed by atoms with van der Waals surface area (Å²) in [6.45, 7) is 0.805. The zero-order chi connectivity index (χ0) is 10.8. The summed E-state index contributed by atoms with van der Waals surface area (Å²) in [5, 5.41) is 3.03. The molecule has 1 amide bonds. The molecule has 2 heterocycles. The second-order valence-electron chi connectivity index (χ2n) is 3.51. The van der Waals surface area contributed by atoms with Crippen LogP contribution in [0.4, 0.5) is 5.82 Å². The third-order valence-electron chi connectivity index (χ3n) is 2.30. The van der Waals surface area contributed by atoms with E-state index in [1.165, 1.54) is 0 Å². The summed E-state index contributed by atoms with van der Waals surface area (Å²) in [5.74, 6) is 0.399. The van der Waals surface area contributed by atoms with Gasteiger partial charge in [0.1, 0.15) is 11.6 Å². The molecule has 0 radical (unpaired) electrons. The summed E-state index contributed by atoms with van der Waals surface area (Å²) in [6.07, 6.45) is 1.61. The minimum atomic E-state index is -0.506. The minimum absolute atomic E-state index is 0.0375. The predicted octanol–water partition coefficient (Wildman–Crippen LogP) is -0.844. The van der Waals surface area contributed by atoms with E-state index in [1.54, 1.807) is 0 Å². The lowest BCUT2D eigenvalue weighted by atomic mass is 10.1. The lowest BCUT2D eigenvalue weighted by molar-refractivity contribution is -0.117. The highest BCUT2D eigenvalue weighted by molar-refractivity contribution is 5.75. The second kappa shape index (κ2) is 3.72. The molecule has 0 unspecified atom stereocenters. The number of amides is 1. The van der Waals surface area contributed by atoms with Crippen LogP contribution >= 0.6 is 0 Å². The number of aromatic amines is 1. The molecule has 6 nitrogen and oxygen atoms in total. The number of H-pyrrole nitrogens is 1. The van der Waals surface area contributed by atoms with Gasteiger partial charge < -0.3 is 16.0 Å². The van der Waals surface area contributed by atoms with Crippen LogP contribution in [0.2, 0.25) is 0 Å². The molecule has 80 valence electrons. The maximum Gasteiger partial charge on any atom is 0.256 e. The molecule has 1 aromatic heterocycles. The van der Waals surface area contributed by atoms with Gasteiger partial charge in [-0.25, -0.2) is 4.98 Å². The number of carbonyl (C=O) groups is 1. The number of nitrogens with two attached hydrogens (primary N) is 1. The fourth-order valence-corrected chi connectivity index (χ4v) is 1.64. The zero-order valence-electron chi connectivity index (χ0n) is 8.17. The van der Waals surface area contributed by atoms with Crippen LogP contribution in [0.15, 0.2) is 4.79 Å². The van der Waals surface area contributed by atoms with E-state index in [9.17, 15) is 9.59 Å². The molecular weight excluding hydrogens is 196 g/mol. The molecule has 0 saturated carbocycles. The Bertz CT molecular complexity index is 452. The van der Waals surface area contributed by atoms with Crippen LogP contribution in [0.5, 0.6) is 0 Å². The molecule has 0 aromatic carbocycles. The van der Waals surface area contributed by atoms with E-state index in [4.69, 9.17) is 5.73 Å². The van der Waals surface area contributed by atoms with Crippen molar-refractivity contribution >= 4 is 11.7 Å². The van der Waals surface area contributed by atoms with Crippen LogP contribution in [0.1, 0.15) is 17.8 Å². The fourth-order valence-electron chi connectivity index (χ4n) is 1.64. The quantitative estimate of drug-likeness (QED) is 0.589. The Morgan fingerprint density at radius 2 is 2.33 bits per heavy atom. The van der Waals surface area contributed by atoms with Crippen molar-refractivity contribution in [2.24, 2.45) is 5.73 Å². The van der Waals surface area contributed by atoms with Crippen LogP contribution in [-0.4, -0.2) is 22.4 Å². The summed E-state index contributed by atoms with van der Waals surface area (Å²) in [7, 11) is 0. The number of anilines is 1. The van der Waals surface area contributed by atoms with Gasteiger partial charge in [-0.2, -0.15) is 0 Å². The van der Waals surface area contributed by atoms with Crippen molar-refractivity contribution < 1.29 is 4.79 Å². The molecule has 1 aliphatic heterocycles. The first-order chi connectivity index (χ1) is 7.16. The highest BCUT2D eigenvalue weighted by Gasteiger charge is 2.15. The molecule has 2 rings (SSSR count). The van der Waals surface area contributed by atoms with Crippen LogP contribution in [0.25, 0.3) is 0 Å². The van der Waals surface area contributed by atoms with Gasteiger partial charge >= 0.3 is 0 Å². The molecule has 1 aliphatic rings. The van der Waals surface area contributed by atoms with Gasteiger partial charge in [-0.3, -0.25) is 9.59 Å². The van der Waals surface area contributed by atoms with Crippen molar-refractivity contribution in [1.29, 1.82) is 0 Å². The molecule has 0 atom stereocenters. The molecule has 4 N–H and O–H groups in total. The van der Waals surface area contributed by atoms with E-state index in [2.05, 4.69) is 15.3 Å². The number of nitrogens with one attached hydrogen (secondary N) is 2. The average Bonchev–Trinajstić information content (AvgIpc) is 2.16. The van der Waals surface area contributed by atoms with Crippen molar-refractivity contribution in [2.75, 3.05) is 11.9 Å². The van der Waals surface area contributed by atoms with Crippen molar-refractivity contribution in [2.45, 2.75) is 19.3 Å². The van der Waals surface area contributed by atoms with Crippen LogP contribution in [0, 0.1) is 0 Å². The molecule has 0 saturated heterocycles. The number of fused-ring (bicyclic) bond motifs is 1. The first kappa shape index (κ1) is 9.70. The lowest BCUT2D eigenvalue weighted by Gasteiger charge is -2.16. The maximum atomic E-state index is 11.6. The minimum Gasteiger partial charge on any atom is -0.370 e. The second-order valence-corrected chi connectivity index (χ2v) is 3.51. The van der Waals surface area contributed by atoms with Gasteiger partial charge in [0.2, 0.25) is 5.91 Å². The first-order valence-corrected chi connectivity index (χ1v) is 4.81. The predicted molar refractivity (Wildman–Crippen MR) is 54.6 cm³/mol. The molecule has 1 aromatic rings. The molecule has 0 bridgehead atoms. The van der Waals surface area contributed by atoms with E-state index in [0.717, 1.165) is 19.4 Å². The summed E-state index contributed by atoms with van der Waals surface area (Å²) >= 11 is 0. The van der Waals surface area contributed by atoms with Gasteiger partial charge in [-0.1, -0.05) is 0 Å². The monoisotopic (exact) mass is 208 g/mol. The van der Waals surface area contributed by atoms with Crippen LogP contribution in [0.3, 0.4) is 0 Å². The highest BCUT2D eigenvalue weighted by atomic mass is 16.1. The summed E-state index contributed by atoms with van der Waals surface area (Å²) in [6, 6.07) is 0. The summed E-state index contributed by atoms with van der Waals surface area (Å²) in [4.78, 5) is 29.0. The smallest absolute Gasteiger partial charge is 0.256 e. The Kier molecular flexibility index (Phi) is 2.40. The van der Waals surface area contributed by atoms with Crippen LogP contribution in [-0.2, 0) is 17.6 Å². The Morgan fingerprint density at radius 3 is 3.07 bits per heavy atom. The number of primary amides is 1. The number of hydrogen-bond donors (Lipinski definition) is 3. The molecule has 6 heteroatoms. The van der Waals surface area contributed by atoms with E-state index in [1.807, 2.05) is 0 Å². The Labute approximate surface area is 85.9 Å². The van der Waals surface area contributed by atoms with Gasteiger partial charge in [0.05, 0.1) is 12.0 Å². The average molecular weight is 208 g/mol. The lowest BCUT2D eigenvalue weighted by Crippen LogP contribution is -2.26. The maximum absolute atomic E-state index is 11.6. The van der Waals surface area contributed by atoms with Crippen molar-refractivity contribution in [3.8, 4) is 0 Å².